The molecule has 0 bridgehead atoms. The maximum absolute atomic E-state index is 13.3. The van der Waals surface area contributed by atoms with Crippen molar-refractivity contribution in [3.05, 3.63) is 88.9 Å². The lowest BCUT2D eigenvalue weighted by atomic mass is 9.92. The number of carboxylic acid groups (broad SMARTS) is 1. The predicted molar refractivity (Wildman–Crippen MR) is 141 cm³/mol. The normalized spacial score (nSPS) is 12.0. The van der Waals surface area contributed by atoms with Crippen LogP contribution in [-0.2, 0) is 9.59 Å². The van der Waals surface area contributed by atoms with Crippen molar-refractivity contribution in [2.24, 2.45) is 5.41 Å². The highest BCUT2D eigenvalue weighted by Crippen LogP contribution is 2.37. The maximum Gasteiger partial charge on any atom is 0.335 e. The number of nitrogens with one attached hydrogen (secondary N) is 2. The van der Waals surface area contributed by atoms with E-state index in [1.165, 1.54) is 30.0 Å². The van der Waals surface area contributed by atoms with Crippen molar-refractivity contribution in [3.8, 4) is 0 Å². The van der Waals surface area contributed by atoms with Crippen molar-refractivity contribution in [1.29, 1.82) is 0 Å². The number of amides is 2. The number of rotatable bonds is 8. The second-order valence-corrected chi connectivity index (χ2v) is 10.8. The van der Waals surface area contributed by atoms with Gasteiger partial charge in [-0.1, -0.05) is 62.7 Å². The third-order valence-corrected chi connectivity index (χ3v) is 6.49. The van der Waals surface area contributed by atoms with E-state index < -0.39 is 11.2 Å². The fourth-order valence-corrected chi connectivity index (χ4v) is 4.48. The Bertz CT molecular complexity index is 1210. The summed E-state index contributed by atoms with van der Waals surface area (Å²) >= 11 is 7.54. The zero-order valence-electron chi connectivity index (χ0n) is 19.7. The van der Waals surface area contributed by atoms with E-state index in [-0.39, 0.29) is 33.5 Å². The second kappa shape index (κ2) is 11.4. The number of thioether (sulfide) groups is 1. The van der Waals surface area contributed by atoms with Gasteiger partial charge in [-0.15, -0.1) is 11.8 Å². The average molecular weight is 511 g/mol. The van der Waals surface area contributed by atoms with Crippen molar-refractivity contribution in [2.75, 3.05) is 10.6 Å². The predicted octanol–water partition coefficient (Wildman–Crippen LogP) is 6.89. The summed E-state index contributed by atoms with van der Waals surface area (Å²) in [6, 6.07) is 20.7. The van der Waals surface area contributed by atoms with Gasteiger partial charge in [0.25, 0.3) is 0 Å². The summed E-state index contributed by atoms with van der Waals surface area (Å²) < 4.78 is 0. The van der Waals surface area contributed by atoms with Gasteiger partial charge in [0.1, 0.15) is 5.25 Å². The van der Waals surface area contributed by atoms with Crippen molar-refractivity contribution in [2.45, 2.75) is 37.3 Å². The molecular weight excluding hydrogens is 484 g/mol. The van der Waals surface area contributed by atoms with E-state index in [9.17, 15) is 19.5 Å². The molecule has 0 spiro atoms. The van der Waals surface area contributed by atoms with E-state index in [4.69, 9.17) is 11.6 Å². The zero-order chi connectivity index (χ0) is 25.6. The van der Waals surface area contributed by atoms with E-state index >= 15 is 0 Å². The zero-order valence-corrected chi connectivity index (χ0v) is 21.2. The fraction of sp³-hybridized carbons (Fsp3) is 0.222. The van der Waals surface area contributed by atoms with Crippen LogP contribution in [0.25, 0.3) is 0 Å². The van der Waals surface area contributed by atoms with Gasteiger partial charge >= 0.3 is 5.97 Å². The average Bonchev–Trinajstić information content (AvgIpc) is 2.79. The Kier molecular flexibility index (Phi) is 8.59. The molecular formula is C27H27ClN2O4S. The van der Waals surface area contributed by atoms with Crippen molar-refractivity contribution in [1.82, 2.24) is 0 Å². The van der Waals surface area contributed by atoms with Crippen LogP contribution in [-0.4, -0.2) is 22.9 Å². The van der Waals surface area contributed by atoms with Crippen LogP contribution in [0, 0.1) is 5.41 Å². The van der Waals surface area contributed by atoms with E-state index in [0.717, 1.165) is 10.5 Å². The molecule has 0 aliphatic rings. The van der Waals surface area contributed by atoms with Gasteiger partial charge in [0, 0.05) is 17.0 Å². The molecule has 0 radical (unpaired) electrons. The Labute approximate surface area is 214 Å². The first kappa shape index (κ1) is 26.3. The molecule has 2 amide bonds. The van der Waals surface area contributed by atoms with Crippen LogP contribution in [0.4, 0.5) is 11.4 Å². The van der Waals surface area contributed by atoms with Crippen molar-refractivity contribution < 1.29 is 19.5 Å². The second-order valence-electron chi connectivity index (χ2n) is 9.21. The molecule has 182 valence electrons. The van der Waals surface area contributed by atoms with Crippen LogP contribution in [0.15, 0.2) is 77.7 Å². The molecule has 3 aromatic carbocycles. The number of carbonyl (C=O) groups excluding carboxylic acids is 2. The summed E-state index contributed by atoms with van der Waals surface area (Å²) in [6.45, 7) is 6.02. The molecule has 0 heterocycles. The van der Waals surface area contributed by atoms with Gasteiger partial charge in [0.05, 0.1) is 16.3 Å². The lowest BCUT2D eigenvalue weighted by Crippen LogP contribution is -2.20. The number of halogens is 1. The molecule has 1 unspecified atom stereocenters. The van der Waals surface area contributed by atoms with Crippen LogP contribution < -0.4 is 10.6 Å². The Morgan fingerprint density at radius 3 is 2.20 bits per heavy atom. The molecule has 0 aliphatic heterocycles. The largest absolute Gasteiger partial charge is 0.478 e. The topological polar surface area (TPSA) is 95.5 Å². The van der Waals surface area contributed by atoms with Gasteiger partial charge < -0.3 is 15.7 Å². The summed E-state index contributed by atoms with van der Waals surface area (Å²) in [7, 11) is 0. The van der Waals surface area contributed by atoms with Gasteiger partial charge in [-0.05, 0) is 53.4 Å². The molecule has 3 N–H and O–H groups in total. The number of hydrogen-bond acceptors (Lipinski definition) is 4. The smallest absolute Gasteiger partial charge is 0.335 e. The Balaban J connectivity index is 1.79. The van der Waals surface area contributed by atoms with Crippen LogP contribution in [0.5, 0.6) is 0 Å². The molecule has 0 fully saturated rings. The molecule has 35 heavy (non-hydrogen) atoms. The van der Waals surface area contributed by atoms with E-state index in [0.29, 0.717) is 12.1 Å². The quantitative estimate of drug-likeness (QED) is 0.287. The standard InChI is InChI=1S/C27H27ClN2O4S/c1-27(2,3)16-23(31)29-19-10-12-20(13-11-19)35-24(17-7-5-4-6-8-17)25(32)30-22-15-18(26(33)34)9-14-21(22)28/h4-15,24H,16H2,1-3H3,(H,29,31)(H,30,32)(H,33,34). The molecule has 8 heteroatoms. The van der Waals surface area contributed by atoms with Crippen LogP contribution in [0.2, 0.25) is 5.02 Å². The third-order valence-electron chi connectivity index (χ3n) is 4.89. The molecule has 0 saturated heterocycles. The number of anilines is 2. The number of carboxylic acids is 1. The highest BCUT2D eigenvalue weighted by Gasteiger charge is 2.23. The third kappa shape index (κ3) is 7.87. The Morgan fingerprint density at radius 2 is 1.60 bits per heavy atom. The monoisotopic (exact) mass is 510 g/mol. The molecule has 0 saturated carbocycles. The van der Waals surface area contributed by atoms with E-state index in [2.05, 4.69) is 10.6 Å². The van der Waals surface area contributed by atoms with Crippen LogP contribution >= 0.6 is 23.4 Å². The number of benzene rings is 3. The summed E-state index contributed by atoms with van der Waals surface area (Å²) in [5, 5.41) is 14.6. The fourth-order valence-electron chi connectivity index (χ4n) is 3.29. The lowest BCUT2D eigenvalue weighted by molar-refractivity contribution is -0.118. The number of carbonyl (C=O) groups is 3. The molecule has 1 atom stereocenters. The minimum atomic E-state index is -1.11. The summed E-state index contributed by atoms with van der Waals surface area (Å²) in [6.07, 6.45) is 0.408. The van der Waals surface area contributed by atoms with Crippen LogP contribution in [0.3, 0.4) is 0 Å². The Hall–Kier alpha value is -3.29. The first-order valence-electron chi connectivity index (χ1n) is 11.0. The van der Waals surface area contributed by atoms with Gasteiger partial charge in [0.15, 0.2) is 0 Å². The summed E-state index contributed by atoms with van der Waals surface area (Å²) in [4.78, 5) is 37.7. The molecule has 3 rings (SSSR count). The number of aromatic carboxylic acids is 1. The van der Waals surface area contributed by atoms with Gasteiger partial charge in [-0.25, -0.2) is 4.79 Å². The maximum atomic E-state index is 13.3. The first-order chi connectivity index (χ1) is 16.5. The molecule has 0 aliphatic carbocycles. The van der Waals surface area contributed by atoms with Crippen molar-refractivity contribution in [3.63, 3.8) is 0 Å². The van der Waals surface area contributed by atoms with Crippen LogP contribution in [0.1, 0.15) is 48.4 Å². The minimum absolute atomic E-state index is 0.0257. The Morgan fingerprint density at radius 1 is 0.943 bits per heavy atom. The van der Waals surface area contributed by atoms with Crippen molar-refractivity contribution >= 4 is 52.5 Å². The van der Waals surface area contributed by atoms with E-state index in [1.54, 1.807) is 12.1 Å². The molecule has 3 aromatic rings. The summed E-state index contributed by atoms with van der Waals surface area (Å²) in [5.74, 6) is -1.51. The minimum Gasteiger partial charge on any atom is -0.478 e. The van der Waals surface area contributed by atoms with Gasteiger partial charge in [-0.2, -0.15) is 0 Å². The molecule has 6 nitrogen and oxygen atoms in total. The van der Waals surface area contributed by atoms with Gasteiger partial charge in [0.2, 0.25) is 11.8 Å². The summed E-state index contributed by atoms with van der Waals surface area (Å²) in [5.41, 5.74) is 1.61. The number of hydrogen-bond donors (Lipinski definition) is 3. The van der Waals surface area contributed by atoms with E-state index in [1.807, 2.05) is 63.2 Å². The highest BCUT2D eigenvalue weighted by atomic mass is 35.5. The van der Waals surface area contributed by atoms with Gasteiger partial charge in [-0.3, -0.25) is 9.59 Å². The molecule has 0 aromatic heterocycles. The first-order valence-corrected chi connectivity index (χ1v) is 12.2. The lowest BCUT2D eigenvalue weighted by Gasteiger charge is -2.19. The SMILES string of the molecule is CC(C)(C)CC(=O)Nc1ccc(SC(C(=O)Nc2cc(C(=O)O)ccc2Cl)c2ccccc2)cc1. The highest BCUT2D eigenvalue weighted by molar-refractivity contribution is 8.00.